The minimum Gasteiger partial charge on any atom is -0.365 e. The van der Waals surface area contributed by atoms with Crippen LogP contribution < -0.4 is 10.2 Å². The van der Waals surface area contributed by atoms with Crippen LogP contribution in [0.2, 0.25) is 0 Å². The van der Waals surface area contributed by atoms with Gasteiger partial charge in [-0.3, -0.25) is 9.59 Å². The fourth-order valence-corrected chi connectivity index (χ4v) is 4.81. The molecule has 2 bridgehead atoms. The largest absolute Gasteiger partial charge is 0.365 e. The third-order valence-corrected chi connectivity index (χ3v) is 6.16. The van der Waals surface area contributed by atoms with Crippen molar-refractivity contribution >= 4 is 23.3 Å². The molecular formula is C23H25N5O2. The number of aromatic nitrogens is 1. The lowest BCUT2D eigenvalue weighted by atomic mass is 9.97. The minimum absolute atomic E-state index is 0.0353. The summed E-state index contributed by atoms with van der Waals surface area (Å²) in [6.07, 6.45) is 2.76. The summed E-state index contributed by atoms with van der Waals surface area (Å²) >= 11 is 0. The number of pyridine rings is 1. The Hall–Kier alpha value is -3.40. The van der Waals surface area contributed by atoms with Gasteiger partial charge < -0.3 is 15.1 Å². The van der Waals surface area contributed by atoms with Crippen LogP contribution in [0, 0.1) is 24.2 Å². The van der Waals surface area contributed by atoms with Gasteiger partial charge in [0.15, 0.2) is 0 Å². The number of nitriles is 1. The Labute approximate surface area is 176 Å². The number of nitrogens with one attached hydrogen (secondary N) is 1. The lowest BCUT2D eigenvalue weighted by molar-refractivity contribution is -0.139. The normalized spacial score (nSPS) is 21.9. The number of rotatable bonds is 5. The second kappa shape index (κ2) is 8.15. The number of likely N-dealkylation sites (N-methyl/N-ethyl adjacent to an activating group) is 1. The first-order valence-corrected chi connectivity index (χ1v) is 10.2. The van der Waals surface area contributed by atoms with Gasteiger partial charge in [-0.1, -0.05) is 24.3 Å². The standard InChI is InChI=1S/C23H25N5O2/c1-15-6-3-4-8-19(15)27(2)14-21(29)28-18-11-10-16(12-18)22(28)23(30)26-20-9-5-7-17(13-24)25-20/h3-9,16,18,22H,10-12,14H2,1-2H3,(H,25,26,30)/t16-,18+,22-/m0/s1. The van der Waals surface area contributed by atoms with Gasteiger partial charge >= 0.3 is 0 Å². The van der Waals surface area contributed by atoms with E-state index in [1.807, 2.05) is 49.2 Å². The fourth-order valence-electron chi connectivity index (χ4n) is 4.81. The third-order valence-electron chi connectivity index (χ3n) is 6.16. The Morgan fingerprint density at radius 3 is 2.80 bits per heavy atom. The van der Waals surface area contributed by atoms with Gasteiger partial charge in [0, 0.05) is 18.8 Å². The molecule has 4 rings (SSSR count). The molecule has 2 aromatic rings. The quantitative estimate of drug-likeness (QED) is 0.829. The SMILES string of the molecule is Cc1ccccc1N(C)CC(=O)N1[C@@H]2CC[C@@H](C2)[C@H]1C(=O)Nc1cccc(C#N)n1. The molecular weight excluding hydrogens is 378 g/mol. The highest BCUT2D eigenvalue weighted by Crippen LogP contribution is 2.43. The van der Waals surface area contributed by atoms with Crippen LogP contribution in [-0.4, -0.2) is 47.4 Å². The van der Waals surface area contributed by atoms with Crippen molar-refractivity contribution in [1.29, 1.82) is 5.26 Å². The van der Waals surface area contributed by atoms with Crippen LogP contribution >= 0.6 is 0 Å². The van der Waals surface area contributed by atoms with Crippen molar-refractivity contribution < 1.29 is 9.59 Å². The summed E-state index contributed by atoms with van der Waals surface area (Å²) in [5, 5.41) is 11.8. The number of piperidine rings is 1. The van der Waals surface area contributed by atoms with Crippen molar-refractivity contribution in [2.45, 2.75) is 38.3 Å². The van der Waals surface area contributed by atoms with Gasteiger partial charge in [0.1, 0.15) is 23.6 Å². The van der Waals surface area contributed by atoms with Crippen LogP contribution in [0.3, 0.4) is 0 Å². The van der Waals surface area contributed by atoms with E-state index in [4.69, 9.17) is 5.26 Å². The molecule has 1 saturated carbocycles. The Morgan fingerprint density at radius 1 is 1.23 bits per heavy atom. The molecule has 0 spiro atoms. The highest BCUT2D eigenvalue weighted by Gasteiger charge is 2.51. The van der Waals surface area contributed by atoms with Crippen LogP contribution in [-0.2, 0) is 9.59 Å². The van der Waals surface area contributed by atoms with E-state index in [2.05, 4.69) is 10.3 Å². The number of carbonyl (C=O) groups is 2. The maximum absolute atomic E-state index is 13.2. The predicted molar refractivity (Wildman–Crippen MR) is 114 cm³/mol. The molecule has 7 nitrogen and oxygen atoms in total. The second-order valence-corrected chi connectivity index (χ2v) is 8.12. The molecule has 1 aromatic carbocycles. The van der Waals surface area contributed by atoms with Crippen molar-refractivity contribution in [1.82, 2.24) is 9.88 Å². The van der Waals surface area contributed by atoms with Crippen molar-refractivity contribution in [3.05, 3.63) is 53.7 Å². The van der Waals surface area contributed by atoms with Crippen molar-refractivity contribution in [2.24, 2.45) is 5.92 Å². The summed E-state index contributed by atoms with van der Waals surface area (Å²) < 4.78 is 0. The molecule has 1 N–H and O–H groups in total. The van der Waals surface area contributed by atoms with Gasteiger partial charge in [0.25, 0.3) is 0 Å². The molecule has 1 aliphatic heterocycles. The van der Waals surface area contributed by atoms with Crippen molar-refractivity contribution in [2.75, 3.05) is 23.8 Å². The molecule has 0 radical (unpaired) electrons. The van der Waals surface area contributed by atoms with E-state index in [-0.39, 0.29) is 36.0 Å². The van der Waals surface area contributed by atoms with E-state index in [0.29, 0.717) is 5.82 Å². The lowest BCUT2D eigenvalue weighted by Gasteiger charge is -2.35. The molecule has 154 valence electrons. The number of para-hydroxylation sites is 1. The zero-order valence-electron chi connectivity index (χ0n) is 17.2. The number of carbonyl (C=O) groups excluding carboxylic acids is 2. The maximum Gasteiger partial charge on any atom is 0.248 e. The number of likely N-dealkylation sites (tertiary alicyclic amines) is 1. The highest BCUT2D eigenvalue weighted by atomic mass is 16.2. The van der Waals surface area contributed by atoms with E-state index < -0.39 is 6.04 Å². The van der Waals surface area contributed by atoms with E-state index in [0.717, 1.165) is 30.5 Å². The van der Waals surface area contributed by atoms with Gasteiger partial charge in [0.2, 0.25) is 11.8 Å². The fraction of sp³-hybridized carbons (Fsp3) is 0.391. The number of benzene rings is 1. The zero-order valence-corrected chi connectivity index (χ0v) is 17.2. The number of hydrogen-bond donors (Lipinski definition) is 1. The molecule has 1 aromatic heterocycles. The van der Waals surface area contributed by atoms with Crippen molar-refractivity contribution in [3.8, 4) is 6.07 Å². The van der Waals surface area contributed by atoms with Gasteiger partial charge in [-0.15, -0.1) is 0 Å². The van der Waals surface area contributed by atoms with Crippen LogP contribution in [0.25, 0.3) is 0 Å². The molecule has 2 heterocycles. The summed E-state index contributed by atoms with van der Waals surface area (Å²) in [4.78, 5) is 34.2. The first-order chi connectivity index (χ1) is 14.5. The first-order valence-electron chi connectivity index (χ1n) is 10.2. The monoisotopic (exact) mass is 403 g/mol. The Balaban J connectivity index is 1.50. The van der Waals surface area contributed by atoms with Crippen molar-refractivity contribution in [3.63, 3.8) is 0 Å². The van der Waals surface area contributed by atoms with Gasteiger partial charge in [-0.05, 0) is 55.9 Å². The van der Waals surface area contributed by atoms with Crippen LogP contribution in [0.5, 0.6) is 0 Å². The van der Waals surface area contributed by atoms with Crippen LogP contribution in [0.1, 0.15) is 30.5 Å². The topological polar surface area (TPSA) is 89.3 Å². The summed E-state index contributed by atoms with van der Waals surface area (Å²) in [6.45, 7) is 2.24. The molecule has 2 fully saturated rings. The average Bonchev–Trinajstić information content (AvgIpc) is 3.36. The first kappa shape index (κ1) is 19.9. The molecule has 1 saturated heterocycles. The van der Waals surface area contributed by atoms with Crippen LogP contribution in [0.4, 0.5) is 11.5 Å². The number of fused-ring (bicyclic) bond motifs is 2. The molecule has 30 heavy (non-hydrogen) atoms. The zero-order chi connectivity index (χ0) is 21.3. The molecule has 3 atom stereocenters. The summed E-state index contributed by atoms with van der Waals surface area (Å²) in [6, 6.07) is 14.5. The number of nitrogens with zero attached hydrogens (tertiary/aromatic N) is 4. The molecule has 2 aliphatic rings. The summed E-state index contributed by atoms with van der Waals surface area (Å²) in [5.74, 6) is 0.247. The third kappa shape index (κ3) is 3.73. The van der Waals surface area contributed by atoms with Gasteiger partial charge in [0.05, 0.1) is 6.54 Å². The number of anilines is 2. The van der Waals surface area contributed by atoms with Gasteiger partial charge in [-0.2, -0.15) is 5.26 Å². The molecule has 0 unspecified atom stereocenters. The molecule has 2 amide bonds. The van der Waals surface area contributed by atoms with E-state index >= 15 is 0 Å². The van der Waals surface area contributed by atoms with Gasteiger partial charge in [-0.25, -0.2) is 4.98 Å². The summed E-state index contributed by atoms with van der Waals surface area (Å²) in [7, 11) is 1.90. The number of amides is 2. The Bertz CT molecular complexity index is 1010. The van der Waals surface area contributed by atoms with E-state index in [1.165, 1.54) is 0 Å². The smallest absolute Gasteiger partial charge is 0.248 e. The Kier molecular flexibility index (Phi) is 5.40. The second-order valence-electron chi connectivity index (χ2n) is 8.12. The predicted octanol–water partition coefficient (Wildman–Crippen LogP) is 2.72. The van der Waals surface area contributed by atoms with E-state index in [1.54, 1.807) is 23.1 Å². The highest BCUT2D eigenvalue weighted by molar-refractivity contribution is 5.98. The molecule has 7 heteroatoms. The summed E-state index contributed by atoms with van der Waals surface area (Å²) in [5.41, 5.74) is 2.36. The maximum atomic E-state index is 13.2. The molecule has 1 aliphatic carbocycles. The minimum atomic E-state index is -0.492. The number of hydrogen-bond acceptors (Lipinski definition) is 5. The number of aryl methyl sites for hydroxylation is 1. The van der Waals surface area contributed by atoms with Crippen LogP contribution in [0.15, 0.2) is 42.5 Å². The average molecular weight is 403 g/mol. The lowest BCUT2D eigenvalue weighted by Crippen LogP contribution is -2.53. The Morgan fingerprint density at radius 2 is 2.03 bits per heavy atom. The van der Waals surface area contributed by atoms with E-state index in [9.17, 15) is 9.59 Å².